The van der Waals surface area contributed by atoms with Crippen molar-refractivity contribution in [1.29, 1.82) is 0 Å². The zero-order valence-electron chi connectivity index (χ0n) is 29.3. The summed E-state index contributed by atoms with van der Waals surface area (Å²) in [6, 6.07) is 53.0. The molecular weight excluding hydrogens is 616 g/mol. The highest BCUT2D eigenvalue weighted by Crippen LogP contribution is 2.51. The van der Waals surface area contributed by atoms with Crippen LogP contribution >= 0.6 is 0 Å². The fourth-order valence-electron chi connectivity index (χ4n) is 9.53. The highest BCUT2D eigenvalue weighted by molar-refractivity contribution is 7.02. The number of hydrogen-bond acceptors (Lipinski definition) is 3. The number of hydrogen-bond donors (Lipinski definition) is 0. The molecule has 0 saturated heterocycles. The first-order chi connectivity index (χ1) is 25.0. The predicted molar refractivity (Wildman–Crippen MR) is 218 cm³/mol. The van der Waals surface area contributed by atoms with Crippen molar-refractivity contribution in [3.05, 3.63) is 162 Å². The van der Waals surface area contributed by atoms with Crippen LogP contribution in [-0.2, 0) is 0 Å². The van der Waals surface area contributed by atoms with Crippen LogP contribution in [0.25, 0.3) is 11.1 Å². The number of fused-ring (bicyclic) bond motifs is 10. The highest BCUT2D eigenvalue weighted by Gasteiger charge is 2.52. The number of nitrogens with zero attached hydrogens (tertiary/aromatic N) is 3. The van der Waals surface area contributed by atoms with Crippen LogP contribution in [0.4, 0.5) is 45.5 Å². The SMILES string of the molecule is Cc1cccc(N2c3cc(C)ccc3B3c4ccc(C)cc4N4c5cc(C)ccc5B5c6c(cc2c3c64)-c2ccccc2N5c2ccccc2)c1. The van der Waals surface area contributed by atoms with Gasteiger partial charge in [0.25, 0.3) is 6.71 Å². The third kappa shape index (κ3) is 3.86. The van der Waals surface area contributed by atoms with Crippen molar-refractivity contribution in [1.82, 2.24) is 0 Å². The maximum atomic E-state index is 2.64. The maximum Gasteiger partial charge on any atom is 0.333 e. The van der Waals surface area contributed by atoms with Crippen LogP contribution in [0.2, 0.25) is 0 Å². The average molecular weight is 651 g/mol. The smallest absolute Gasteiger partial charge is 0.333 e. The molecule has 3 nitrogen and oxygen atoms in total. The molecular formula is C46H35B2N3. The molecule has 7 aromatic rings. The Kier molecular flexibility index (Phi) is 5.83. The number of rotatable bonds is 2. The summed E-state index contributed by atoms with van der Waals surface area (Å²) in [6.45, 7) is 8.98. The average Bonchev–Trinajstić information content (AvgIpc) is 3.14. The van der Waals surface area contributed by atoms with Gasteiger partial charge >= 0.3 is 6.85 Å². The van der Waals surface area contributed by atoms with Gasteiger partial charge in [0.2, 0.25) is 0 Å². The van der Waals surface area contributed by atoms with Crippen LogP contribution in [0.1, 0.15) is 22.3 Å². The number of aryl methyl sites for hydroxylation is 4. The summed E-state index contributed by atoms with van der Waals surface area (Å²) < 4.78 is 0. The second-order valence-electron chi connectivity index (χ2n) is 14.9. The molecule has 4 heterocycles. The molecule has 0 radical (unpaired) electrons. The van der Waals surface area contributed by atoms with E-state index in [2.05, 4.69) is 182 Å². The fraction of sp³-hybridized carbons (Fsp3) is 0.0870. The Labute approximate surface area is 300 Å². The molecule has 0 bridgehead atoms. The van der Waals surface area contributed by atoms with Gasteiger partial charge in [-0.3, -0.25) is 0 Å². The van der Waals surface area contributed by atoms with Crippen molar-refractivity contribution in [2.45, 2.75) is 27.7 Å². The molecule has 0 atom stereocenters. The molecule has 0 N–H and O–H groups in total. The summed E-state index contributed by atoms with van der Waals surface area (Å²) in [5, 5.41) is 0. The van der Waals surface area contributed by atoms with Crippen molar-refractivity contribution in [3.8, 4) is 11.1 Å². The number of benzene rings is 7. The summed E-state index contributed by atoms with van der Waals surface area (Å²) in [5.41, 5.74) is 24.6. The van der Waals surface area contributed by atoms with Crippen LogP contribution < -0.4 is 41.9 Å². The normalized spacial score (nSPS) is 14.1. The molecule has 240 valence electrons. The molecule has 0 aliphatic carbocycles. The zero-order chi connectivity index (χ0) is 34.1. The van der Waals surface area contributed by atoms with Crippen LogP contribution in [0, 0.1) is 27.7 Å². The quantitative estimate of drug-likeness (QED) is 0.175. The summed E-state index contributed by atoms with van der Waals surface area (Å²) in [4.78, 5) is 7.80. The molecule has 7 aromatic carbocycles. The number of para-hydroxylation sites is 2. The van der Waals surface area contributed by atoms with Crippen molar-refractivity contribution in [2.75, 3.05) is 14.6 Å². The molecule has 51 heavy (non-hydrogen) atoms. The third-order valence-electron chi connectivity index (χ3n) is 11.6. The lowest BCUT2D eigenvalue weighted by Gasteiger charge is -2.51. The fourth-order valence-corrected chi connectivity index (χ4v) is 9.53. The molecule has 0 amide bonds. The minimum absolute atomic E-state index is 0.00305. The van der Waals surface area contributed by atoms with Crippen LogP contribution in [0.3, 0.4) is 0 Å². The van der Waals surface area contributed by atoms with Gasteiger partial charge in [0.15, 0.2) is 0 Å². The van der Waals surface area contributed by atoms with E-state index in [4.69, 9.17) is 0 Å². The predicted octanol–water partition coefficient (Wildman–Crippen LogP) is 8.24. The Hall–Kier alpha value is -5.93. The van der Waals surface area contributed by atoms with Gasteiger partial charge in [-0.2, -0.15) is 0 Å². The van der Waals surface area contributed by atoms with Crippen molar-refractivity contribution >= 4 is 86.4 Å². The van der Waals surface area contributed by atoms with E-state index in [0.717, 1.165) is 0 Å². The van der Waals surface area contributed by atoms with E-state index in [0.29, 0.717) is 0 Å². The van der Waals surface area contributed by atoms with Crippen molar-refractivity contribution in [3.63, 3.8) is 0 Å². The van der Waals surface area contributed by atoms with Gasteiger partial charge in [-0.25, -0.2) is 0 Å². The molecule has 4 aliphatic heterocycles. The zero-order valence-corrected chi connectivity index (χ0v) is 29.3. The standard InChI is InChI=1S/C46H35B2N3/c1-28-11-10-14-33(23-28)49-40-24-29(2)17-20-36(40)47-37-21-18-30(3)25-41(37)50-42-26-31(4)19-22-38(42)48-44-35(27-43(49)45(47)46(44)50)34-15-8-9-16-39(34)51(48)32-12-6-5-7-13-32/h5-27H,1-4H3. The van der Waals surface area contributed by atoms with E-state index in [-0.39, 0.29) is 13.6 Å². The van der Waals surface area contributed by atoms with Gasteiger partial charge in [0.1, 0.15) is 0 Å². The van der Waals surface area contributed by atoms with E-state index in [1.807, 2.05) is 0 Å². The summed E-state index contributed by atoms with van der Waals surface area (Å²) >= 11 is 0. The highest BCUT2D eigenvalue weighted by atomic mass is 15.2. The van der Waals surface area contributed by atoms with Crippen molar-refractivity contribution in [2.24, 2.45) is 0 Å². The molecule has 0 fully saturated rings. The first kappa shape index (κ1) is 28.9. The minimum Gasteiger partial charge on any atom is -0.376 e. The summed E-state index contributed by atoms with van der Waals surface area (Å²) in [5.74, 6) is 0. The molecule has 11 rings (SSSR count). The second kappa shape index (κ2) is 10.3. The van der Waals surface area contributed by atoms with Gasteiger partial charge in [0, 0.05) is 51.1 Å². The van der Waals surface area contributed by atoms with E-state index in [1.165, 1.54) is 106 Å². The van der Waals surface area contributed by atoms with Gasteiger partial charge in [0.05, 0.1) is 0 Å². The Morgan fingerprint density at radius 3 is 1.69 bits per heavy atom. The van der Waals surface area contributed by atoms with Gasteiger partial charge in [-0.15, -0.1) is 0 Å². The van der Waals surface area contributed by atoms with Crippen LogP contribution in [-0.4, -0.2) is 13.6 Å². The Morgan fingerprint density at radius 1 is 0.392 bits per heavy atom. The third-order valence-corrected chi connectivity index (χ3v) is 11.6. The summed E-state index contributed by atoms with van der Waals surface area (Å²) in [6.07, 6.45) is 0. The largest absolute Gasteiger partial charge is 0.376 e. The second-order valence-corrected chi connectivity index (χ2v) is 14.9. The number of anilines is 8. The molecule has 0 aromatic heterocycles. The molecule has 0 saturated carbocycles. The molecule has 0 unspecified atom stereocenters. The summed E-state index contributed by atoms with van der Waals surface area (Å²) in [7, 11) is 0. The first-order valence-corrected chi connectivity index (χ1v) is 18.1. The van der Waals surface area contributed by atoms with Crippen LogP contribution in [0.15, 0.2) is 140 Å². The van der Waals surface area contributed by atoms with E-state index in [9.17, 15) is 0 Å². The van der Waals surface area contributed by atoms with Gasteiger partial charge in [-0.1, -0.05) is 84.9 Å². The van der Waals surface area contributed by atoms with Crippen LogP contribution in [0.5, 0.6) is 0 Å². The van der Waals surface area contributed by atoms with E-state index in [1.54, 1.807) is 0 Å². The molecule has 5 heteroatoms. The lowest BCUT2D eigenvalue weighted by molar-refractivity contribution is 1.23. The van der Waals surface area contributed by atoms with E-state index >= 15 is 0 Å². The molecule has 0 spiro atoms. The lowest BCUT2D eigenvalue weighted by Crippen LogP contribution is -2.68. The monoisotopic (exact) mass is 651 g/mol. The maximum absolute atomic E-state index is 2.64. The van der Waals surface area contributed by atoms with Gasteiger partial charge < -0.3 is 14.6 Å². The first-order valence-electron chi connectivity index (χ1n) is 18.1. The Balaban J connectivity index is 1.35. The van der Waals surface area contributed by atoms with E-state index < -0.39 is 0 Å². The minimum atomic E-state index is 0.00305. The van der Waals surface area contributed by atoms with Gasteiger partial charge in [-0.05, 0) is 137 Å². The Morgan fingerprint density at radius 2 is 0.980 bits per heavy atom. The van der Waals surface area contributed by atoms with Crippen molar-refractivity contribution < 1.29 is 0 Å². The topological polar surface area (TPSA) is 9.72 Å². The Bertz CT molecular complexity index is 2620. The molecule has 4 aliphatic rings. The lowest BCUT2D eigenvalue weighted by atomic mass is 9.31.